The van der Waals surface area contributed by atoms with Crippen molar-refractivity contribution in [3.05, 3.63) is 65.4 Å². The van der Waals surface area contributed by atoms with E-state index in [9.17, 15) is 0 Å². The largest absolute Gasteiger partial charge is 0.494 e. The van der Waals surface area contributed by atoms with Crippen LogP contribution in [0.2, 0.25) is 0 Å². The zero-order valence-corrected chi connectivity index (χ0v) is 16.0. The van der Waals surface area contributed by atoms with Crippen LogP contribution in [0, 0.1) is 0 Å². The quantitative estimate of drug-likeness (QED) is 0.747. The van der Waals surface area contributed by atoms with Gasteiger partial charge >= 0.3 is 0 Å². The van der Waals surface area contributed by atoms with Crippen molar-refractivity contribution in [2.45, 2.75) is 37.3 Å². The number of fused-ring (bicyclic) bond motifs is 2. The molecule has 0 bridgehead atoms. The number of aromatic nitrogens is 1. The number of likely N-dealkylation sites (N-methyl/N-ethyl adjacent to an activating group) is 1. The molecule has 1 unspecified atom stereocenters. The van der Waals surface area contributed by atoms with Crippen molar-refractivity contribution in [1.82, 2.24) is 9.88 Å². The lowest BCUT2D eigenvalue weighted by atomic mass is 9.68. The molecular formula is C23H27N3O. The number of nitrogens with one attached hydrogen (secondary N) is 1. The van der Waals surface area contributed by atoms with Crippen molar-refractivity contribution >= 4 is 10.9 Å². The number of piperidine rings is 1. The Balaban J connectivity index is 1.54. The molecule has 2 heterocycles. The monoisotopic (exact) mass is 361 g/mol. The van der Waals surface area contributed by atoms with Crippen molar-refractivity contribution in [2.24, 2.45) is 5.73 Å². The fourth-order valence-corrected chi connectivity index (χ4v) is 5.32. The number of ether oxygens (including phenoxy) is 1. The minimum atomic E-state index is -0.351. The predicted octanol–water partition coefficient (Wildman–Crippen LogP) is 3.76. The summed E-state index contributed by atoms with van der Waals surface area (Å²) in [6.45, 7) is 3.56. The van der Waals surface area contributed by atoms with Gasteiger partial charge in [0, 0.05) is 35.6 Å². The highest BCUT2D eigenvalue weighted by molar-refractivity contribution is 5.88. The first-order valence-electron chi connectivity index (χ1n) is 9.90. The van der Waals surface area contributed by atoms with E-state index < -0.39 is 0 Å². The highest BCUT2D eigenvalue weighted by Gasteiger charge is 2.45. The molecule has 3 atom stereocenters. The molecule has 1 aliphatic heterocycles. The van der Waals surface area contributed by atoms with Crippen LogP contribution < -0.4 is 10.5 Å². The Morgan fingerprint density at radius 2 is 2.04 bits per heavy atom. The summed E-state index contributed by atoms with van der Waals surface area (Å²) in [6.07, 6.45) is 4.26. The van der Waals surface area contributed by atoms with Crippen molar-refractivity contribution < 1.29 is 4.74 Å². The summed E-state index contributed by atoms with van der Waals surface area (Å²) in [5.41, 5.74) is 12.0. The number of H-pyrrole nitrogens is 1. The van der Waals surface area contributed by atoms with Crippen molar-refractivity contribution in [1.29, 1.82) is 0 Å². The van der Waals surface area contributed by atoms with Crippen LogP contribution in [0.3, 0.4) is 0 Å². The summed E-state index contributed by atoms with van der Waals surface area (Å²) >= 11 is 0. The first-order chi connectivity index (χ1) is 13.1. The van der Waals surface area contributed by atoms with E-state index in [1.807, 2.05) is 19.1 Å². The van der Waals surface area contributed by atoms with E-state index in [4.69, 9.17) is 10.5 Å². The van der Waals surface area contributed by atoms with Crippen molar-refractivity contribution in [3.8, 4) is 5.75 Å². The second-order valence-corrected chi connectivity index (χ2v) is 8.19. The molecule has 4 heteroatoms. The summed E-state index contributed by atoms with van der Waals surface area (Å²) in [5.74, 6) is 1.36. The van der Waals surface area contributed by atoms with Crippen LogP contribution in [0.15, 0.2) is 48.7 Å². The number of nitrogens with zero attached hydrogens (tertiary/aromatic N) is 1. The summed E-state index contributed by atoms with van der Waals surface area (Å²) in [7, 11) is 2.23. The van der Waals surface area contributed by atoms with Crippen molar-refractivity contribution in [3.63, 3.8) is 0 Å². The van der Waals surface area contributed by atoms with Gasteiger partial charge in [0.1, 0.15) is 5.75 Å². The zero-order valence-electron chi connectivity index (χ0n) is 16.0. The van der Waals surface area contributed by atoms with Crippen LogP contribution in [-0.4, -0.2) is 36.1 Å². The van der Waals surface area contributed by atoms with Crippen LogP contribution in [0.1, 0.15) is 36.0 Å². The molecule has 1 aromatic heterocycles. The van der Waals surface area contributed by atoms with E-state index in [2.05, 4.69) is 53.5 Å². The summed E-state index contributed by atoms with van der Waals surface area (Å²) in [6, 6.07) is 15.5. The van der Waals surface area contributed by atoms with Crippen LogP contribution in [0.5, 0.6) is 5.75 Å². The molecular weight excluding hydrogens is 334 g/mol. The fourth-order valence-electron chi connectivity index (χ4n) is 5.32. The van der Waals surface area contributed by atoms with Gasteiger partial charge in [0.05, 0.1) is 12.1 Å². The lowest BCUT2D eigenvalue weighted by Crippen LogP contribution is -2.58. The number of nitrogens with two attached hydrogens (primary N) is 1. The Morgan fingerprint density at radius 3 is 2.81 bits per heavy atom. The molecule has 1 saturated heterocycles. The number of hydrogen-bond donors (Lipinski definition) is 2. The standard InChI is InChI=1S/C23H27N3O/c1-3-27-17-9-7-16(8-10-17)23(24)12-19-18-5-4-6-20-22(18)15(13-25-20)11-21(19)26(2)14-23/h4-10,13,19,21,25H,3,11-12,14,24H2,1-2H3/t19-,21-,23?/m1/s1. The van der Waals surface area contributed by atoms with Gasteiger partial charge in [-0.2, -0.15) is 0 Å². The second kappa shape index (κ2) is 6.11. The Morgan fingerprint density at radius 1 is 1.22 bits per heavy atom. The first kappa shape index (κ1) is 16.8. The van der Waals surface area contributed by atoms with E-state index in [1.54, 1.807) is 0 Å². The highest BCUT2D eigenvalue weighted by Crippen LogP contribution is 2.47. The Labute approximate surface area is 160 Å². The normalized spacial score (nSPS) is 27.5. The minimum Gasteiger partial charge on any atom is -0.494 e. The number of likely N-dealkylation sites (tertiary alicyclic amines) is 1. The third kappa shape index (κ3) is 2.59. The van der Waals surface area contributed by atoms with Crippen LogP contribution >= 0.6 is 0 Å². The van der Waals surface area contributed by atoms with E-state index >= 15 is 0 Å². The zero-order chi connectivity index (χ0) is 18.6. The topological polar surface area (TPSA) is 54.3 Å². The molecule has 0 spiro atoms. The molecule has 27 heavy (non-hydrogen) atoms. The molecule has 1 fully saturated rings. The van der Waals surface area contributed by atoms with E-state index in [0.717, 1.165) is 25.1 Å². The summed E-state index contributed by atoms with van der Waals surface area (Å²) < 4.78 is 5.60. The van der Waals surface area contributed by atoms with Gasteiger partial charge < -0.3 is 20.4 Å². The average Bonchev–Trinajstić information content (AvgIpc) is 3.08. The Kier molecular flexibility index (Phi) is 3.81. The third-order valence-electron chi connectivity index (χ3n) is 6.53. The van der Waals surface area contributed by atoms with Crippen molar-refractivity contribution in [2.75, 3.05) is 20.2 Å². The number of hydrogen-bond acceptors (Lipinski definition) is 3. The van der Waals surface area contributed by atoms with Gasteiger partial charge in [-0.3, -0.25) is 0 Å². The minimum absolute atomic E-state index is 0.351. The van der Waals surface area contributed by atoms with Gasteiger partial charge in [0.2, 0.25) is 0 Å². The second-order valence-electron chi connectivity index (χ2n) is 8.19. The maximum absolute atomic E-state index is 7.03. The molecule has 140 valence electrons. The molecule has 4 nitrogen and oxygen atoms in total. The van der Waals surface area contributed by atoms with Gasteiger partial charge in [-0.15, -0.1) is 0 Å². The first-order valence-corrected chi connectivity index (χ1v) is 9.90. The molecule has 0 amide bonds. The van der Waals surface area contributed by atoms with E-state index in [0.29, 0.717) is 18.6 Å². The smallest absolute Gasteiger partial charge is 0.119 e. The SMILES string of the molecule is CCOc1ccc(C2(N)C[C@@H]3c4cccc5[nH]cc(c45)C[C@H]3N(C)C2)cc1. The van der Waals surface area contributed by atoms with Crippen LogP contribution in [0.25, 0.3) is 10.9 Å². The van der Waals surface area contributed by atoms with Gasteiger partial charge in [-0.25, -0.2) is 0 Å². The van der Waals surface area contributed by atoms with Gasteiger partial charge in [0.15, 0.2) is 0 Å². The van der Waals surface area contributed by atoms with E-state index in [1.165, 1.54) is 27.6 Å². The summed E-state index contributed by atoms with van der Waals surface area (Å²) in [5, 5.41) is 1.42. The van der Waals surface area contributed by atoms with Gasteiger partial charge in [-0.05, 0) is 61.7 Å². The Hall–Kier alpha value is -2.30. The average molecular weight is 361 g/mol. The molecule has 5 rings (SSSR count). The molecule has 3 N–H and O–H groups in total. The molecule has 1 aliphatic carbocycles. The molecule has 2 aliphatic rings. The molecule has 2 aromatic carbocycles. The van der Waals surface area contributed by atoms with Crippen LogP contribution in [-0.2, 0) is 12.0 Å². The molecule has 0 radical (unpaired) electrons. The maximum atomic E-state index is 7.03. The number of benzene rings is 2. The molecule has 3 aromatic rings. The predicted molar refractivity (Wildman–Crippen MR) is 109 cm³/mol. The van der Waals surface area contributed by atoms with E-state index in [-0.39, 0.29) is 5.54 Å². The fraction of sp³-hybridized carbons (Fsp3) is 0.391. The number of aromatic amines is 1. The third-order valence-corrected chi connectivity index (χ3v) is 6.53. The lowest BCUT2D eigenvalue weighted by molar-refractivity contribution is 0.0913. The molecule has 0 saturated carbocycles. The van der Waals surface area contributed by atoms with Crippen LogP contribution in [0.4, 0.5) is 0 Å². The summed E-state index contributed by atoms with van der Waals surface area (Å²) in [4.78, 5) is 5.92. The highest BCUT2D eigenvalue weighted by atomic mass is 16.5. The van der Waals surface area contributed by atoms with Gasteiger partial charge in [0.25, 0.3) is 0 Å². The lowest BCUT2D eigenvalue weighted by Gasteiger charge is -2.50. The number of rotatable bonds is 3. The maximum Gasteiger partial charge on any atom is 0.119 e. The van der Waals surface area contributed by atoms with Gasteiger partial charge in [-0.1, -0.05) is 24.3 Å². The Bertz CT molecular complexity index is 977.